The minimum absolute atomic E-state index is 0.221. The quantitative estimate of drug-likeness (QED) is 0.725. The first-order valence-corrected chi connectivity index (χ1v) is 7.06. The summed E-state index contributed by atoms with van der Waals surface area (Å²) in [6.45, 7) is 0.488. The van der Waals surface area contributed by atoms with E-state index in [1.165, 1.54) is 0 Å². The summed E-state index contributed by atoms with van der Waals surface area (Å²) in [5.74, 6) is 0.221. The van der Waals surface area contributed by atoms with E-state index in [1.807, 2.05) is 55.6 Å². The van der Waals surface area contributed by atoms with Crippen LogP contribution in [0.5, 0.6) is 5.88 Å². The summed E-state index contributed by atoms with van der Waals surface area (Å²) in [5, 5.41) is 11.9. The Bertz CT molecular complexity index is 821. The van der Waals surface area contributed by atoms with Crippen molar-refractivity contribution in [2.45, 2.75) is 6.54 Å². The monoisotopic (exact) mass is 298 g/mol. The Balaban J connectivity index is 1.94. The zero-order valence-corrected chi connectivity index (χ0v) is 12.4. The summed E-state index contributed by atoms with van der Waals surface area (Å²) in [5.41, 5.74) is 2.68. The number of benzene rings is 2. The van der Waals surface area contributed by atoms with E-state index >= 15 is 0 Å². The number of aryl methyl sites for hydroxylation is 1. The molecule has 0 aliphatic carbocycles. The fraction of sp³-hybridized carbons (Fsp3) is 0.118. The molecular formula is C17H15ClN2O. The molecule has 0 aliphatic rings. The lowest BCUT2D eigenvalue weighted by molar-refractivity contribution is 0.434. The molecule has 0 bridgehead atoms. The first kappa shape index (κ1) is 13.7. The van der Waals surface area contributed by atoms with Crippen molar-refractivity contribution in [3.8, 4) is 5.88 Å². The van der Waals surface area contributed by atoms with Gasteiger partial charge in [-0.25, -0.2) is 0 Å². The Hall–Kier alpha value is -2.26. The number of rotatable bonds is 3. The van der Waals surface area contributed by atoms with Crippen LogP contribution in [-0.2, 0) is 13.6 Å². The van der Waals surface area contributed by atoms with E-state index in [2.05, 4.69) is 4.99 Å². The second-order valence-corrected chi connectivity index (χ2v) is 5.28. The lowest BCUT2D eigenvalue weighted by atomic mass is 10.2. The maximum absolute atomic E-state index is 10.2. The molecule has 0 saturated carbocycles. The molecule has 0 spiro atoms. The fourth-order valence-electron chi connectivity index (χ4n) is 2.40. The third-order valence-electron chi connectivity index (χ3n) is 3.55. The molecule has 106 valence electrons. The SMILES string of the molecule is Cn1c(O)c(C=NCc2ccccc2Cl)c2ccccc21. The van der Waals surface area contributed by atoms with E-state index in [0.717, 1.165) is 22.0 Å². The molecule has 21 heavy (non-hydrogen) atoms. The Labute approximate surface area is 128 Å². The second-order valence-electron chi connectivity index (χ2n) is 4.87. The normalized spacial score (nSPS) is 11.5. The number of hydrogen-bond donors (Lipinski definition) is 1. The van der Waals surface area contributed by atoms with Crippen LogP contribution >= 0.6 is 11.6 Å². The number of fused-ring (bicyclic) bond motifs is 1. The number of para-hydroxylation sites is 1. The van der Waals surface area contributed by atoms with E-state index < -0.39 is 0 Å². The molecule has 3 aromatic rings. The van der Waals surface area contributed by atoms with Gasteiger partial charge >= 0.3 is 0 Å². The third kappa shape index (κ3) is 2.52. The first-order chi connectivity index (χ1) is 10.2. The molecule has 0 fully saturated rings. The molecular weight excluding hydrogens is 284 g/mol. The van der Waals surface area contributed by atoms with Crippen molar-refractivity contribution in [2.24, 2.45) is 12.0 Å². The van der Waals surface area contributed by atoms with Crippen LogP contribution in [0.15, 0.2) is 53.5 Å². The molecule has 1 heterocycles. The molecule has 1 N–H and O–H groups in total. The van der Waals surface area contributed by atoms with Crippen LogP contribution in [0.2, 0.25) is 5.02 Å². The van der Waals surface area contributed by atoms with Gasteiger partial charge in [0.25, 0.3) is 0 Å². The van der Waals surface area contributed by atoms with Gasteiger partial charge in [0.1, 0.15) is 0 Å². The van der Waals surface area contributed by atoms with Crippen molar-refractivity contribution < 1.29 is 5.11 Å². The molecule has 4 heteroatoms. The predicted molar refractivity (Wildman–Crippen MR) is 87.3 cm³/mol. The number of halogens is 1. The largest absolute Gasteiger partial charge is 0.494 e. The highest BCUT2D eigenvalue weighted by Gasteiger charge is 2.11. The van der Waals surface area contributed by atoms with Gasteiger partial charge in [0.05, 0.1) is 17.6 Å². The smallest absolute Gasteiger partial charge is 0.200 e. The number of aromatic hydroxyl groups is 1. The minimum atomic E-state index is 0.221. The molecule has 3 rings (SSSR count). The van der Waals surface area contributed by atoms with Crippen molar-refractivity contribution in [3.63, 3.8) is 0 Å². The number of aliphatic imine (C=N–C) groups is 1. The molecule has 0 amide bonds. The first-order valence-electron chi connectivity index (χ1n) is 6.68. The van der Waals surface area contributed by atoms with Crippen molar-refractivity contribution in [3.05, 3.63) is 64.7 Å². The van der Waals surface area contributed by atoms with Crippen LogP contribution in [0.25, 0.3) is 10.9 Å². The third-order valence-corrected chi connectivity index (χ3v) is 3.92. The highest BCUT2D eigenvalue weighted by molar-refractivity contribution is 6.31. The molecule has 0 aliphatic heterocycles. The topological polar surface area (TPSA) is 37.5 Å². The van der Waals surface area contributed by atoms with Gasteiger partial charge in [-0.05, 0) is 17.7 Å². The number of nitrogens with zero attached hydrogens (tertiary/aromatic N) is 2. The van der Waals surface area contributed by atoms with E-state index in [9.17, 15) is 5.11 Å². The van der Waals surface area contributed by atoms with Crippen LogP contribution in [-0.4, -0.2) is 15.9 Å². The Morgan fingerprint density at radius 3 is 2.67 bits per heavy atom. The van der Waals surface area contributed by atoms with E-state index in [4.69, 9.17) is 11.6 Å². The minimum Gasteiger partial charge on any atom is -0.494 e. The summed E-state index contributed by atoms with van der Waals surface area (Å²) in [6.07, 6.45) is 1.71. The average Bonchev–Trinajstić information content (AvgIpc) is 2.74. The fourth-order valence-corrected chi connectivity index (χ4v) is 2.59. The van der Waals surface area contributed by atoms with Gasteiger partial charge in [-0.1, -0.05) is 48.0 Å². The van der Waals surface area contributed by atoms with E-state index in [1.54, 1.807) is 10.8 Å². The standard InChI is InChI=1S/C17H15ClN2O/c1-20-16-9-5-3-7-13(16)14(17(20)21)11-19-10-12-6-2-4-8-15(12)18/h2-9,11,21H,10H2,1H3. The van der Waals surface area contributed by atoms with Crippen LogP contribution in [0.4, 0.5) is 0 Å². The Morgan fingerprint density at radius 2 is 1.86 bits per heavy atom. The van der Waals surface area contributed by atoms with Crippen molar-refractivity contribution >= 4 is 28.7 Å². The molecule has 2 aromatic carbocycles. The molecule has 1 aromatic heterocycles. The van der Waals surface area contributed by atoms with Gasteiger partial charge in [0, 0.05) is 23.7 Å². The highest BCUT2D eigenvalue weighted by Crippen LogP contribution is 2.28. The molecule has 0 saturated heterocycles. The Kier molecular flexibility index (Phi) is 3.67. The Morgan fingerprint density at radius 1 is 1.14 bits per heavy atom. The molecule has 0 radical (unpaired) electrons. The van der Waals surface area contributed by atoms with Gasteiger partial charge in [-0.2, -0.15) is 0 Å². The predicted octanol–water partition coefficient (Wildman–Crippen LogP) is 4.16. The summed E-state index contributed by atoms with van der Waals surface area (Å²) in [6, 6.07) is 15.5. The molecule has 3 nitrogen and oxygen atoms in total. The summed E-state index contributed by atoms with van der Waals surface area (Å²) in [4.78, 5) is 4.41. The van der Waals surface area contributed by atoms with Crippen LogP contribution in [0.3, 0.4) is 0 Å². The summed E-state index contributed by atoms with van der Waals surface area (Å²) >= 11 is 6.11. The zero-order chi connectivity index (χ0) is 14.8. The van der Waals surface area contributed by atoms with E-state index in [-0.39, 0.29) is 5.88 Å². The second kappa shape index (κ2) is 5.62. The van der Waals surface area contributed by atoms with Crippen molar-refractivity contribution in [2.75, 3.05) is 0 Å². The zero-order valence-electron chi connectivity index (χ0n) is 11.6. The van der Waals surface area contributed by atoms with Gasteiger partial charge in [0.2, 0.25) is 5.88 Å². The number of hydrogen-bond acceptors (Lipinski definition) is 2. The lowest BCUT2D eigenvalue weighted by Gasteiger charge is -1.99. The maximum Gasteiger partial charge on any atom is 0.200 e. The van der Waals surface area contributed by atoms with Crippen LogP contribution < -0.4 is 0 Å². The molecule has 0 atom stereocenters. The number of aromatic nitrogens is 1. The lowest BCUT2D eigenvalue weighted by Crippen LogP contribution is -1.87. The summed E-state index contributed by atoms with van der Waals surface area (Å²) < 4.78 is 1.76. The van der Waals surface area contributed by atoms with Gasteiger partial charge in [-0.15, -0.1) is 0 Å². The molecule has 0 unspecified atom stereocenters. The van der Waals surface area contributed by atoms with Gasteiger partial charge < -0.3 is 9.67 Å². The maximum atomic E-state index is 10.2. The van der Waals surface area contributed by atoms with Gasteiger partial charge in [0.15, 0.2) is 0 Å². The van der Waals surface area contributed by atoms with Crippen molar-refractivity contribution in [1.82, 2.24) is 4.57 Å². The van der Waals surface area contributed by atoms with Crippen LogP contribution in [0.1, 0.15) is 11.1 Å². The summed E-state index contributed by atoms with van der Waals surface area (Å²) in [7, 11) is 1.84. The average molecular weight is 299 g/mol. The highest BCUT2D eigenvalue weighted by atomic mass is 35.5. The van der Waals surface area contributed by atoms with E-state index in [0.29, 0.717) is 11.6 Å². The van der Waals surface area contributed by atoms with Crippen molar-refractivity contribution in [1.29, 1.82) is 0 Å². The van der Waals surface area contributed by atoms with Gasteiger partial charge in [-0.3, -0.25) is 4.99 Å². The van der Waals surface area contributed by atoms with Crippen LogP contribution in [0, 0.1) is 0 Å².